The SMILES string of the molecule is CCN1CCN(C(=O)c2c(C(F)(F)F)nn(C3CCCN(C)C3)c2C)CC1. The Morgan fingerprint density at radius 2 is 1.85 bits per heavy atom. The van der Waals surface area contributed by atoms with Gasteiger partial charge in [0.15, 0.2) is 5.69 Å². The number of hydrogen-bond acceptors (Lipinski definition) is 4. The number of carbonyl (C=O) groups is 1. The number of aromatic nitrogens is 2. The molecule has 3 rings (SSSR count). The van der Waals surface area contributed by atoms with E-state index in [9.17, 15) is 18.0 Å². The molecule has 0 aromatic carbocycles. The lowest BCUT2D eigenvalue weighted by Gasteiger charge is -2.34. The molecule has 1 amide bonds. The van der Waals surface area contributed by atoms with Crippen molar-refractivity contribution in [1.29, 1.82) is 0 Å². The van der Waals surface area contributed by atoms with Crippen LogP contribution in [-0.2, 0) is 6.18 Å². The van der Waals surface area contributed by atoms with Crippen molar-refractivity contribution in [3.63, 3.8) is 0 Å². The van der Waals surface area contributed by atoms with E-state index in [1.54, 1.807) is 6.92 Å². The number of likely N-dealkylation sites (tertiary alicyclic amines) is 1. The van der Waals surface area contributed by atoms with E-state index in [0.29, 0.717) is 38.4 Å². The van der Waals surface area contributed by atoms with Crippen LogP contribution in [0.5, 0.6) is 0 Å². The Hall–Kier alpha value is -1.61. The maximum atomic E-state index is 13.7. The van der Waals surface area contributed by atoms with Crippen molar-refractivity contribution in [2.45, 2.75) is 38.9 Å². The lowest BCUT2D eigenvalue weighted by atomic mass is 10.1. The molecule has 27 heavy (non-hydrogen) atoms. The Balaban J connectivity index is 1.92. The third-order valence-corrected chi connectivity index (χ3v) is 5.68. The van der Waals surface area contributed by atoms with Crippen LogP contribution in [0.4, 0.5) is 13.2 Å². The first kappa shape index (κ1) is 20.1. The summed E-state index contributed by atoms with van der Waals surface area (Å²) < 4.78 is 42.4. The number of piperidine rings is 1. The summed E-state index contributed by atoms with van der Waals surface area (Å²) in [5.74, 6) is -0.550. The van der Waals surface area contributed by atoms with Crippen LogP contribution in [0, 0.1) is 6.92 Å². The Kier molecular flexibility index (Phi) is 5.81. The van der Waals surface area contributed by atoms with Crippen LogP contribution >= 0.6 is 0 Å². The van der Waals surface area contributed by atoms with Crippen LogP contribution in [0.2, 0.25) is 0 Å². The summed E-state index contributed by atoms with van der Waals surface area (Å²) in [4.78, 5) is 18.8. The molecular weight excluding hydrogens is 359 g/mol. The second kappa shape index (κ2) is 7.79. The van der Waals surface area contributed by atoms with Crippen LogP contribution in [0.25, 0.3) is 0 Å². The molecule has 3 heterocycles. The first-order chi connectivity index (χ1) is 12.7. The van der Waals surface area contributed by atoms with E-state index in [2.05, 4.69) is 14.9 Å². The van der Waals surface area contributed by atoms with Gasteiger partial charge in [0.05, 0.1) is 11.6 Å². The number of amides is 1. The second-order valence-corrected chi connectivity index (χ2v) is 7.54. The van der Waals surface area contributed by atoms with Crippen molar-refractivity contribution in [2.24, 2.45) is 0 Å². The average Bonchev–Trinajstić information content (AvgIpc) is 2.99. The van der Waals surface area contributed by atoms with E-state index in [1.165, 1.54) is 9.58 Å². The van der Waals surface area contributed by atoms with Gasteiger partial charge in [-0.1, -0.05) is 6.92 Å². The summed E-state index contributed by atoms with van der Waals surface area (Å²) >= 11 is 0. The lowest BCUT2D eigenvalue weighted by Crippen LogP contribution is -2.48. The topological polar surface area (TPSA) is 44.6 Å². The summed E-state index contributed by atoms with van der Waals surface area (Å²) in [7, 11) is 1.95. The van der Waals surface area contributed by atoms with Gasteiger partial charge in [0.25, 0.3) is 5.91 Å². The van der Waals surface area contributed by atoms with Crippen molar-refractivity contribution in [2.75, 3.05) is 52.9 Å². The summed E-state index contributed by atoms with van der Waals surface area (Å²) in [6, 6.07) is -0.136. The fraction of sp³-hybridized carbons (Fsp3) is 0.778. The highest BCUT2D eigenvalue weighted by Gasteiger charge is 2.43. The first-order valence-corrected chi connectivity index (χ1v) is 9.58. The number of halogens is 3. The molecule has 6 nitrogen and oxygen atoms in total. The Morgan fingerprint density at radius 3 is 2.41 bits per heavy atom. The molecule has 2 aliphatic rings. The van der Waals surface area contributed by atoms with Gasteiger partial charge in [-0.3, -0.25) is 9.48 Å². The van der Waals surface area contributed by atoms with Gasteiger partial charge in [0.1, 0.15) is 0 Å². The average molecular weight is 387 g/mol. The Bertz CT molecular complexity index is 679. The van der Waals surface area contributed by atoms with Gasteiger partial charge in [-0.05, 0) is 39.9 Å². The van der Waals surface area contributed by atoms with E-state index in [0.717, 1.165) is 25.9 Å². The minimum atomic E-state index is -4.65. The quantitative estimate of drug-likeness (QED) is 0.798. The van der Waals surface area contributed by atoms with Gasteiger partial charge in [-0.25, -0.2) is 0 Å². The third-order valence-electron chi connectivity index (χ3n) is 5.68. The van der Waals surface area contributed by atoms with Crippen molar-refractivity contribution in [3.05, 3.63) is 17.0 Å². The number of rotatable bonds is 3. The third kappa shape index (κ3) is 4.13. The van der Waals surface area contributed by atoms with E-state index < -0.39 is 17.8 Å². The van der Waals surface area contributed by atoms with E-state index in [-0.39, 0.29) is 11.6 Å². The fourth-order valence-corrected chi connectivity index (χ4v) is 4.09. The second-order valence-electron chi connectivity index (χ2n) is 7.54. The zero-order valence-corrected chi connectivity index (χ0v) is 16.2. The molecule has 0 N–H and O–H groups in total. The predicted molar refractivity (Wildman–Crippen MR) is 95.8 cm³/mol. The molecule has 2 fully saturated rings. The zero-order valence-electron chi connectivity index (χ0n) is 16.2. The first-order valence-electron chi connectivity index (χ1n) is 9.58. The van der Waals surface area contributed by atoms with Gasteiger partial charge in [-0.15, -0.1) is 0 Å². The molecule has 1 aromatic rings. The van der Waals surface area contributed by atoms with Gasteiger partial charge in [-0.2, -0.15) is 18.3 Å². The predicted octanol–water partition coefficient (Wildman–Crippen LogP) is 2.25. The van der Waals surface area contributed by atoms with Gasteiger partial charge in [0, 0.05) is 38.4 Å². The molecule has 2 saturated heterocycles. The van der Waals surface area contributed by atoms with E-state index in [1.807, 2.05) is 14.0 Å². The minimum Gasteiger partial charge on any atom is -0.336 e. The maximum Gasteiger partial charge on any atom is 0.435 e. The number of piperazine rings is 1. The number of carbonyl (C=O) groups excluding carboxylic acids is 1. The molecule has 9 heteroatoms. The van der Waals surface area contributed by atoms with E-state index in [4.69, 9.17) is 0 Å². The Labute approximate surface area is 157 Å². The van der Waals surface area contributed by atoms with Crippen LogP contribution in [0.1, 0.15) is 47.6 Å². The fourth-order valence-electron chi connectivity index (χ4n) is 4.09. The summed E-state index contributed by atoms with van der Waals surface area (Å²) in [5, 5.41) is 3.89. The molecule has 0 aliphatic carbocycles. The standard InChI is InChI=1S/C18H28F3N5O/c1-4-24-8-10-25(11-9-24)17(27)15-13(2)26(22-16(15)18(19,20)21)14-6-5-7-23(3)12-14/h14H,4-12H2,1-3H3. The number of alkyl halides is 3. The molecular formula is C18H28F3N5O. The number of nitrogens with zero attached hydrogens (tertiary/aromatic N) is 5. The Morgan fingerprint density at radius 1 is 1.19 bits per heavy atom. The largest absolute Gasteiger partial charge is 0.435 e. The molecule has 0 radical (unpaired) electrons. The van der Waals surface area contributed by atoms with Crippen molar-refractivity contribution >= 4 is 5.91 Å². The van der Waals surface area contributed by atoms with Gasteiger partial charge >= 0.3 is 6.18 Å². The lowest BCUT2D eigenvalue weighted by molar-refractivity contribution is -0.142. The molecule has 1 unspecified atom stereocenters. The van der Waals surface area contributed by atoms with Crippen molar-refractivity contribution < 1.29 is 18.0 Å². The summed E-state index contributed by atoms with van der Waals surface area (Å²) in [5.41, 5.74) is -0.998. The molecule has 2 aliphatic heterocycles. The summed E-state index contributed by atoms with van der Waals surface area (Å²) in [6.07, 6.45) is -2.97. The molecule has 0 spiro atoms. The highest BCUT2D eigenvalue weighted by atomic mass is 19.4. The molecule has 1 atom stereocenters. The minimum absolute atomic E-state index is 0.136. The summed E-state index contributed by atoms with van der Waals surface area (Å²) in [6.45, 7) is 8.33. The van der Waals surface area contributed by atoms with Crippen molar-refractivity contribution in [3.8, 4) is 0 Å². The highest BCUT2D eigenvalue weighted by molar-refractivity contribution is 5.96. The molecule has 0 saturated carbocycles. The molecule has 1 aromatic heterocycles. The van der Waals surface area contributed by atoms with Gasteiger partial charge < -0.3 is 14.7 Å². The molecule has 0 bridgehead atoms. The normalized spacial score (nSPS) is 23.0. The molecule has 152 valence electrons. The van der Waals surface area contributed by atoms with E-state index >= 15 is 0 Å². The van der Waals surface area contributed by atoms with Crippen LogP contribution in [0.3, 0.4) is 0 Å². The van der Waals surface area contributed by atoms with Crippen LogP contribution in [-0.4, -0.2) is 83.2 Å². The van der Waals surface area contributed by atoms with Crippen LogP contribution in [0.15, 0.2) is 0 Å². The van der Waals surface area contributed by atoms with Crippen molar-refractivity contribution in [1.82, 2.24) is 24.5 Å². The van der Waals surface area contributed by atoms with Gasteiger partial charge in [0.2, 0.25) is 0 Å². The smallest absolute Gasteiger partial charge is 0.336 e. The number of likely N-dealkylation sites (N-methyl/N-ethyl adjacent to an activating group) is 2. The maximum absolute atomic E-state index is 13.7. The monoisotopic (exact) mass is 387 g/mol. The zero-order chi connectivity index (χ0) is 19.8. The highest BCUT2D eigenvalue weighted by Crippen LogP contribution is 2.35. The number of hydrogen-bond donors (Lipinski definition) is 0. The van der Waals surface area contributed by atoms with Crippen LogP contribution < -0.4 is 0 Å².